The molecule has 27 heavy (non-hydrogen) atoms. The molecule has 2 amide bonds. The molecule has 0 bridgehead atoms. The van der Waals surface area contributed by atoms with Crippen LogP contribution in [0.5, 0.6) is 0 Å². The number of anilines is 2. The maximum atomic E-state index is 12.7. The Morgan fingerprint density at radius 3 is 2.70 bits per heavy atom. The highest BCUT2D eigenvalue weighted by Crippen LogP contribution is 2.32. The largest absolute Gasteiger partial charge is 0.368 e. The first-order valence-electron chi connectivity index (χ1n) is 9.03. The topological polar surface area (TPSA) is 82.4 Å². The van der Waals surface area contributed by atoms with Gasteiger partial charge in [0, 0.05) is 30.1 Å². The van der Waals surface area contributed by atoms with Gasteiger partial charge in [0.15, 0.2) is 0 Å². The van der Waals surface area contributed by atoms with E-state index in [1.807, 2.05) is 24.3 Å². The second-order valence-electron chi connectivity index (χ2n) is 6.73. The predicted molar refractivity (Wildman–Crippen MR) is 101 cm³/mol. The van der Waals surface area contributed by atoms with E-state index in [9.17, 15) is 9.59 Å². The third-order valence-electron chi connectivity index (χ3n) is 4.99. The van der Waals surface area contributed by atoms with Crippen LogP contribution in [-0.2, 0) is 16.0 Å². The first-order chi connectivity index (χ1) is 13.2. The van der Waals surface area contributed by atoms with Crippen LogP contribution < -0.4 is 10.2 Å². The highest BCUT2D eigenvalue weighted by molar-refractivity contribution is 6.05. The minimum atomic E-state index is -0.354. The quantitative estimate of drug-likeness (QED) is 0.911. The van der Waals surface area contributed by atoms with Gasteiger partial charge in [0.1, 0.15) is 6.10 Å². The lowest BCUT2D eigenvalue weighted by atomic mass is 10.1. The Bertz CT molecular complexity index is 925. The minimum absolute atomic E-state index is 0.00168. The first kappa shape index (κ1) is 17.3. The third-order valence-corrected chi connectivity index (χ3v) is 4.99. The van der Waals surface area contributed by atoms with Gasteiger partial charge in [-0.2, -0.15) is 5.26 Å². The van der Waals surface area contributed by atoms with Crippen LogP contribution in [0.2, 0.25) is 0 Å². The van der Waals surface area contributed by atoms with Gasteiger partial charge in [-0.1, -0.05) is 6.07 Å². The van der Waals surface area contributed by atoms with Crippen molar-refractivity contribution in [1.82, 2.24) is 0 Å². The average molecular weight is 361 g/mol. The fourth-order valence-corrected chi connectivity index (χ4v) is 3.53. The van der Waals surface area contributed by atoms with Gasteiger partial charge < -0.3 is 15.0 Å². The molecule has 2 heterocycles. The van der Waals surface area contributed by atoms with E-state index in [0.29, 0.717) is 30.0 Å². The van der Waals surface area contributed by atoms with E-state index in [1.165, 1.54) is 0 Å². The summed E-state index contributed by atoms with van der Waals surface area (Å²) in [5, 5.41) is 11.7. The Morgan fingerprint density at radius 1 is 1.19 bits per heavy atom. The van der Waals surface area contributed by atoms with Crippen molar-refractivity contribution < 1.29 is 14.3 Å². The predicted octanol–water partition coefficient (Wildman–Crippen LogP) is 2.88. The van der Waals surface area contributed by atoms with E-state index < -0.39 is 0 Å². The second kappa shape index (κ2) is 7.22. The molecule has 2 aromatic carbocycles. The molecule has 1 saturated heterocycles. The standard InChI is InChI=1S/C21H19N3O3/c22-13-14-3-5-16(6-4-14)20(25)23-17-8-7-15-9-10-24(18(15)12-17)21(26)19-2-1-11-27-19/h3-8,12,19H,1-2,9-11H2,(H,23,25). The summed E-state index contributed by atoms with van der Waals surface area (Å²) in [5.41, 5.74) is 3.55. The summed E-state index contributed by atoms with van der Waals surface area (Å²) in [6.07, 6.45) is 2.13. The zero-order chi connectivity index (χ0) is 18.8. The molecular weight excluding hydrogens is 342 g/mol. The maximum Gasteiger partial charge on any atom is 0.256 e. The maximum absolute atomic E-state index is 12.7. The smallest absolute Gasteiger partial charge is 0.256 e. The van der Waals surface area contributed by atoms with Crippen molar-refractivity contribution in [2.24, 2.45) is 0 Å². The normalized spacial score (nSPS) is 18.0. The van der Waals surface area contributed by atoms with E-state index in [-0.39, 0.29) is 17.9 Å². The number of benzene rings is 2. The van der Waals surface area contributed by atoms with Crippen LogP contribution in [-0.4, -0.2) is 31.1 Å². The molecule has 2 aliphatic rings. The number of rotatable bonds is 3. The molecule has 1 fully saturated rings. The van der Waals surface area contributed by atoms with Gasteiger partial charge in [0.05, 0.1) is 11.6 Å². The molecule has 1 unspecified atom stereocenters. The van der Waals surface area contributed by atoms with Gasteiger partial charge in [0.2, 0.25) is 0 Å². The molecule has 0 spiro atoms. The Kier molecular flexibility index (Phi) is 4.61. The van der Waals surface area contributed by atoms with Gasteiger partial charge in [-0.25, -0.2) is 0 Å². The zero-order valence-electron chi connectivity index (χ0n) is 14.8. The van der Waals surface area contributed by atoms with Crippen molar-refractivity contribution in [3.05, 3.63) is 59.2 Å². The van der Waals surface area contributed by atoms with Gasteiger partial charge in [-0.3, -0.25) is 9.59 Å². The molecule has 0 radical (unpaired) electrons. The van der Waals surface area contributed by atoms with Crippen LogP contribution in [0, 0.1) is 11.3 Å². The van der Waals surface area contributed by atoms with Gasteiger partial charge in [0.25, 0.3) is 11.8 Å². The average Bonchev–Trinajstić information content (AvgIpc) is 3.37. The van der Waals surface area contributed by atoms with Crippen molar-refractivity contribution in [1.29, 1.82) is 5.26 Å². The first-order valence-corrected chi connectivity index (χ1v) is 9.03. The molecular formula is C21H19N3O3. The number of ether oxygens (including phenoxy) is 1. The Balaban J connectivity index is 1.52. The highest BCUT2D eigenvalue weighted by atomic mass is 16.5. The highest BCUT2D eigenvalue weighted by Gasteiger charge is 2.32. The van der Waals surface area contributed by atoms with Crippen molar-refractivity contribution >= 4 is 23.2 Å². The fourth-order valence-electron chi connectivity index (χ4n) is 3.53. The molecule has 0 aromatic heterocycles. The molecule has 1 atom stereocenters. The van der Waals surface area contributed by atoms with E-state index in [1.54, 1.807) is 29.2 Å². The number of nitriles is 1. The molecule has 4 rings (SSSR count). The van der Waals surface area contributed by atoms with E-state index in [4.69, 9.17) is 10.00 Å². The Labute approximate surface area is 157 Å². The number of nitrogens with zero attached hydrogens (tertiary/aromatic N) is 2. The molecule has 136 valence electrons. The number of hydrogen-bond acceptors (Lipinski definition) is 4. The van der Waals surface area contributed by atoms with Crippen LogP contribution in [0.15, 0.2) is 42.5 Å². The summed E-state index contributed by atoms with van der Waals surface area (Å²) >= 11 is 0. The summed E-state index contributed by atoms with van der Waals surface area (Å²) in [4.78, 5) is 26.9. The molecule has 0 saturated carbocycles. The number of fused-ring (bicyclic) bond motifs is 1. The Morgan fingerprint density at radius 2 is 2.00 bits per heavy atom. The number of carbonyl (C=O) groups is 2. The van der Waals surface area contributed by atoms with Gasteiger partial charge >= 0.3 is 0 Å². The van der Waals surface area contributed by atoms with E-state index in [0.717, 1.165) is 30.5 Å². The molecule has 1 N–H and O–H groups in total. The Hall–Kier alpha value is -3.17. The number of hydrogen-bond donors (Lipinski definition) is 1. The van der Waals surface area contributed by atoms with Crippen molar-refractivity contribution in [3.63, 3.8) is 0 Å². The molecule has 2 aliphatic heterocycles. The molecule has 6 nitrogen and oxygen atoms in total. The SMILES string of the molecule is N#Cc1ccc(C(=O)Nc2ccc3c(c2)N(C(=O)C2CCCO2)CC3)cc1. The number of carbonyl (C=O) groups excluding carboxylic acids is 2. The van der Waals surface area contributed by atoms with Crippen LogP contribution in [0.4, 0.5) is 11.4 Å². The summed E-state index contributed by atoms with van der Waals surface area (Å²) in [6, 6.07) is 14.1. The lowest BCUT2D eigenvalue weighted by molar-refractivity contribution is -0.127. The van der Waals surface area contributed by atoms with Crippen molar-refractivity contribution in [3.8, 4) is 6.07 Å². The molecule has 2 aromatic rings. The van der Waals surface area contributed by atoms with E-state index >= 15 is 0 Å². The van der Waals surface area contributed by atoms with Gasteiger partial charge in [-0.05, 0) is 61.2 Å². The number of nitrogens with one attached hydrogen (secondary N) is 1. The van der Waals surface area contributed by atoms with Crippen LogP contribution in [0.25, 0.3) is 0 Å². The fraction of sp³-hybridized carbons (Fsp3) is 0.286. The van der Waals surface area contributed by atoms with Crippen molar-refractivity contribution in [2.45, 2.75) is 25.4 Å². The minimum Gasteiger partial charge on any atom is -0.368 e. The zero-order valence-corrected chi connectivity index (χ0v) is 14.8. The summed E-state index contributed by atoms with van der Waals surface area (Å²) in [5.74, 6) is -0.253. The second-order valence-corrected chi connectivity index (χ2v) is 6.73. The van der Waals surface area contributed by atoms with E-state index in [2.05, 4.69) is 5.32 Å². The lowest BCUT2D eigenvalue weighted by Crippen LogP contribution is -2.37. The van der Waals surface area contributed by atoms with Crippen molar-refractivity contribution in [2.75, 3.05) is 23.4 Å². The third kappa shape index (κ3) is 3.42. The number of amides is 2. The monoisotopic (exact) mass is 361 g/mol. The van der Waals surface area contributed by atoms with Gasteiger partial charge in [-0.15, -0.1) is 0 Å². The lowest BCUT2D eigenvalue weighted by Gasteiger charge is -2.21. The van der Waals surface area contributed by atoms with Crippen LogP contribution >= 0.6 is 0 Å². The summed E-state index contributed by atoms with van der Waals surface area (Å²) in [6.45, 7) is 1.28. The van der Waals surface area contributed by atoms with Crippen LogP contribution in [0.3, 0.4) is 0 Å². The summed E-state index contributed by atoms with van der Waals surface area (Å²) < 4.78 is 5.53. The van der Waals surface area contributed by atoms with Crippen LogP contribution in [0.1, 0.15) is 34.3 Å². The summed E-state index contributed by atoms with van der Waals surface area (Å²) in [7, 11) is 0. The molecule has 0 aliphatic carbocycles. The molecule has 6 heteroatoms.